The minimum atomic E-state index is -0.694. The molecule has 41 heavy (non-hydrogen) atoms. The van der Waals surface area contributed by atoms with E-state index in [1.807, 2.05) is 56.3 Å². The van der Waals surface area contributed by atoms with Crippen LogP contribution in [0.25, 0.3) is 0 Å². The predicted molar refractivity (Wildman–Crippen MR) is 156 cm³/mol. The van der Waals surface area contributed by atoms with Crippen LogP contribution < -0.4 is 29.0 Å². The third-order valence-electron chi connectivity index (χ3n) is 7.24. The number of carbonyl (C=O) groups is 2. The van der Waals surface area contributed by atoms with Crippen molar-refractivity contribution in [2.24, 2.45) is 0 Å². The molecule has 3 aromatic carbocycles. The minimum absolute atomic E-state index is 0.199. The molecular formula is C32H38N2O7. The number of hydrogen-bond donors (Lipinski definition) is 1. The second-order valence-corrected chi connectivity index (χ2v) is 9.59. The maximum absolute atomic E-state index is 14.0. The van der Waals surface area contributed by atoms with Crippen molar-refractivity contribution in [2.75, 3.05) is 48.1 Å². The Bertz CT molecular complexity index is 1370. The molecule has 2 atom stereocenters. The quantitative estimate of drug-likeness (QED) is 0.340. The third-order valence-corrected chi connectivity index (χ3v) is 7.24. The highest BCUT2D eigenvalue weighted by molar-refractivity contribution is 6.02. The molecule has 0 aromatic heterocycles. The van der Waals surface area contributed by atoms with E-state index in [0.717, 1.165) is 11.1 Å². The second-order valence-electron chi connectivity index (χ2n) is 9.59. The van der Waals surface area contributed by atoms with E-state index in [1.165, 1.54) is 14.2 Å². The molecule has 1 heterocycles. The maximum atomic E-state index is 14.0. The second kappa shape index (κ2) is 13.3. The molecule has 4 rings (SSSR count). The van der Waals surface area contributed by atoms with Crippen molar-refractivity contribution in [3.05, 3.63) is 76.9 Å². The predicted octanol–water partition coefficient (Wildman–Crippen LogP) is 4.78. The highest BCUT2D eigenvalue weighted by Crippen LogP contribution is 2.45. The van der Waals surface area contributed by atoms with Gasteiger partial charge in [-0.15, -0.1) is 0 Å². The number of rotatable bonds is 12. The summed E-state index contributed by atoms with van der Waals surface area (Å²) in [5.41, 5.74) is 2.81. The fraction of sp³-hybridized carbons (Fsp3) is 0.375. The van der Waals surface area contributed by atoms with E-state index in [2.05, 4.69) is 5.32 Å². The third kappa shape index (κ3) is 6.19. The number of carbonyl (C=O) groups excluding carboxylic acids is 2. The molecule has 9 heteroatoms. The van der Waals surface area contributed by atoms with E-state index in [-0.39, 0.29) is 11.8 Å². The zero-order valence-electron chi connectivity index (χ0n) is 24.5. The first-order chi connectivity index (χ1) is 19.9. The monoisotopic (exact) mass is 562 g/mol. The van der Waals surface area contributed by atoms with Crippen molar-refractivity contribution < 1.29 is 33.3 Å². The van der Waals surface area contributed by atoms with Crippen molar-refractivity contribution >= 4 is 11.8 Å². The number of likely N-dealkylation sites (N-methyl/N-ethyl adjacent to an activating group) is 1. The fourth-order valence-corrected chi connectivity index (χ4v) is 5.24. The first-order valence-electron chi connectivity index (χ1n) is 13.7. The van der Waals surface area contributed by atoms with E-state index in [1.54, 1.807) is 31.2 Å². The van der Waals surface area contributed by atoms with Crippen molar-refractivity contribution in [2.45, 2.75) is 32.2 Å². The van der Waals surface area contributed by atoms with Gasteiger partial charge in [0.05, 0.1) is 46.5 Å². The summed E-state index contributed by atoms with van der Waals surface area (Å²) in [6.07, 6.45) is 0.589. The minimum Gasteiger partial charge on any atom is -0.497 e. The summed E-state index contributed by atoms with van der Waals surface area (Å²) in [4.78, 5) is 29.2. The molecule has 0 unspecified atom stereocenters. The topological polar surface area (TPSA) is 95.6 Å². The molecular weight excluding hydrogens is 524 g/mol. The van der Waals surface area contributed by atoms with Crippen LogP contribution in [0.3, 0.4) is 0 Å². The molecule has 0 spiro atoms. The molecule has 218 valence electrons. The Morgan fingerprint density at radius 1 is 0.829 bits per heavy atom. The summed E-state index contributed by atoms with van der Waals surface area (Å²) in [7, 11) is 6.36. The van der Waals surface area contributed by atoms with Crippen molar-refractivity contribution in [1.82, 2.24) is 10.2 Å². The molecule has 0 radical (unpaired) electrons. The maximum Gasteiger partial charge on any atom is 0.254 e. The molecule has 0 bridgehead atoms. The van der Waals surface area contributed by atoms with Gasteiger partial charge in [-0.05, 0) is 73.4 Å². The highest BCUT2D eigenvalue weighted by Gasteiger charge is 2.43. The number of benzene rings is 3. The van der Waals surface area contributed by atoms with Crippen molar-refractivity contribution in [1.29, 1.82) is 0 Å². The van der Waals surface area contributed by atoms with E-state index in [0.29, 0.717) is 66.1 Å². The van der Waals surface area contributed by atoms with Crippen LogP contribution in [-0.2, 0) is 11.2 Å². The molecule has 0 aliphatic carbocycles. The van der Waals surface area contributed by atoms with Gasteiger partial charge in [-0.25, -0.2) is 0 Å². The van der Waals surface area contributed by atoms with Crippen molar-refractivity contribution in [3.63, 3.8) is 0 Å². The SMILES string of the molecule is CCOc1ccc(CCNC(=O)[C@@H]2c3cc(OC)c(OC)cc3C(=O)N(C)[C@H]2c2ccc(OC)cc2)cc1OCC. The van der Waals surface area contributed by atoms with Gasteiger partial charge >= 0.3 is 0 Å². The number of amides is 2. The van der Waals surface area contributed by atoms with Gasteiger partial charge in [0.25, 0.3) is 5.91 Å². The molecule has 9 nitrogen and oxygen atoms in total. The Morgan fingerprint density at radius 2 is 1.49 bits per heavy atom. The van der Waals surface area contributed by atoms with Crippen LogP contribution in [0.1, 0.15) is 52.9 Å². The molecule has 1 aliphatic rings. The lowest BCUT2D eigenvalue weighted by Gasteiger charge is -2.40. The van der Waals surface area contributed by atoms with Gasteiger partial charge in [-0.3, -0.25) is 9.59 Å². The lowest BCUT2D eigenvalue weighted by atomic mass is 9.79. The highest BCUT2D eigenvalue weighted by atomic mass is 16.5. The number of fused-ring (bicyclic) bond motifs is 1. The zero-order chi connectivity index (χ0) is 29.5. The summed E-state index contributed by atoms with van der Waals surface area (Å²) in [6.45, 7) is 5.31. The van der Waals surface area contributed by atoms with E-state index in [4.69, 9.17) is 23.7 Å². The number of ether oxygens (including phenoxy) is 5. The van der Waals surface area contributed by atoms with Crippen LogP contribution >= 0.6 is 0 Å². The summed E-state index contributed by atoms with van der Waals surface area (Å²) in [5.74, 6) is 1.84. The van der Waals surface area contributed by atoms with E-state index in [9.17, 15) is 9.59 Å². The van der Waals surface area contributed by atoms with Crippen LogP contribution in [-0.4, -0.2) is 64.8 Å². The Balaban J connectivity index is 1.66. The lowest BCUT2D eigenvalue weighted by molar-refractivity contribution is -0.124. The van der Waals surface area contributed by atoms with Crippen LogP contribution in [0.2, 0.25) is 0 Å². The first-order valence-corrected chi connectivity index (χ1v) is 13.7. The average Bonchev–Trinajstić information content (AvgIpc) is 2.99. The van der Waals surface area contributed by atoms with Gasteiger partial charge in [0, 0.05) is 19.2 Å². The summed E-state index contributed by atoms with van der Waals surface area (Å²) in [5, 5.41) is 3.11. The zero-order valence-corrected chi connectivity index (χ0v) is 24.5. The van der Waals surface area contributed by atoms with E-state index < -0.39 is 12.0 Å². The van der Waals surface area contributed by atoms with Gasteiger partial charge in [-0.2, -0.15) is 0 Å². The van der Waals surface area contributed by atoms with Crippen LogP contribution in [0.4, 0.5) is 0 Å². The Labute approximate surface area is 241 Å². The van der Waals surface area contributed by atoms with Crippen LogP contribution in [0.5, 0.6) is 28.7 Å². The van der Waals surface area contributed by atoms with Gasteiger partial charge < -0.3 is 33.9 Å². The van der Waals surface area contributed by atoms with Crippen LogP contribution in [0.15, 0.2) is 54.6 Å². The Hall–Kier alpha value is -4.40. The molecule has 1 aliphatic heterocycles. The number of hydrogen-bond acceptors (Lipinski definition) is 7. The normalized spacial score (nSPS) is 16.0. The van der Waals surface area contributed by atoms with Crippen molar-refractivity contribution in [3.8, 4) is 28.7 Å². The summed E-state index contributed by atoms with van der Waals surface area (Å²) >= 11 is 0. The van der Waals surface area contributed by atoms with Gasteiger partial charge in [-0.1, -0.05) is 18.2 Å². The standard InChI is InChI=1S/C32H38N2O7/c1-7-40-25-14-9-20(17-28(25)41-8-2)15-16-33-31(35)29-23-18-26(38-5)27(39-6)19-24(23)32(36)34(3)30(29)21-10-12-22(37-4)13-11-21/h9-14,17-19,29-30H,7-8,15-16H2,1-6H3,(H,33,35)/t29-,30+/m1/s1. The van der Waals surface area contributed by atoms with Crippen LogP contribution in [0, 0.1) is 0 Å². The average molecular weight is 563 g/mol. The number of nitrogens with one attached hydrogen (secondary N) is 1. The number of methoxy groups -OCH3 is 3. The first kappa shape index (κ1) is 29.6. The fourth-order valence-electron chi connectivity index (χ4n) is 5.24. The molecule has 2 amide bonds. The molecule has 3 aromatic rings. The number of nitrogens with zero attached hydrogens (tertiary/aromatic N) is 1. The summed E-state index contributed by atoms with van der Waals surface area (Å²) < 4.78 is 27.7. The molecule has 0 saturated carbocycles. The Morgan fingerprint density at radius 3 is 2.12 bits per heavy atom. The molecule has 0 saturated heterocycles. The van der Waals surface area contributed by atoms with Gasteiger partial charge in [0.15, 0.2) is 23.0 Å². The molecule has 1 N–H and O–H groups in total. The smallest absolute Gasteiger partial charge is 0.254 e. The van der Waals surface area contributed by atoms with E-state index >= 15 is 0 Å². The lowest BCUT2D eigenvalue weighted by Crippen LogP contribution is -2.46. The largest absolute Gasteiger partial charge is 0.497 e. The Kier molecular flexibility index (Phi) is 9.60. The van der Waals surface area contributed by atoms with Gasteiger partial charge in [0.2, 0.25) is 5.91 Å². The molecule has 0 fully saturated rings. The summed E-state index contributed by atoms with van der Waals surface area (Å²) in [6, 6.07) is 16.1. The van der Waals surface area contributed by atoms with Gasteiger partial charge in [0.1, 0.15) is 5.75 Å².